The molecule has 1 saturated heterocycles. The van der Waals surface area contributed by atoms with Crippen molar-refractivity contribution in [3.8, 4) is 10.6 Å². The van der Waals surface area contributed by atoms with Gasteiger partial charge in [-0.1, -0.05) is 0 Å². The third-order valence-electron chi connectivity index (χ3n) is 8.43. The number of aromatic nitrogens is 1. The van der Waals surface area contributed by atoms with Gasteiger partial charge in [-0.05, 0) is 98.3 Å². The van der Waals surface area contributed by atoms with Crippen LogP contribution in [0.5, 0.6) is 0 Å². The van der Waals surface area contributed by atoms with Crippen LogP contribution in [0.15, 0.2) is 23.6 Å². The number of nitrogens with zero attached hydrogens (tertiary/aromatic N) is 2. The monoisotopic (exact) mass is 453 g/mol. The first kappa shape index (κ1) is 20.6. The van der Waals surface area contributed by atoms with Gasteiger partial charge >= 0.3 is 6.03 Å². The second-order valence-corrected chi connectivity index (χ2v) is 11.6. The Hall–Kier alpha value is -1.95. The summed E-state index contributed by atoms with van der Waals surface area (Å²) < 4.78 is 15.1. The first-order chi connectivity index (χ1) is 15.6. The first-order valence-electron chi connectivity index (χ1n) is 12.4. The molecule has 2 amide bonds. The average Bonchev–Trinajstić information content (AvgIpc) is 3.45. The van der Waals surface area contributed by atoms with Gasteiger partial charge in [0.1, 0.15) is 10.8 Å². The second-order valence-electron chi connectivity index (χ2n) is 10.7. The van der Waals surface area contributed by atoms with Gasteiger partial charge in [0.25, 0.3) is 0 Å². The molecule has 6 heteroatoms. The van der Waals surface area contributed by atoms with Crippen LogP contribution in [0.4, 0.5) is 9.18 Å². The highest BCUT2D eigenvalue weighted by molar-refractivity contribution is 7.13. The minimum absolute atomic E-state index is 0.0305. The molecule has 4 bridgehead atoms. The number of benzene rings is 1. The van der Waals surface area contributed by atoms with Gasteiger partial charge < -0.3 is 10.2 Å². The lowest BCUT2D eigenvalue weighted by molar-refractivity contribution is -0.00672. The lowest BCUT2D eigenvalue weighted by atomic mass is 9.48. The van der Waals surface area contributed by atoms with Crippen LogP contribution in [0, 0.1) is 23.6 Å². The summed E-state index contributed by atoms with van der Waals surface area (Å²) in [4.78, 5) is 18.9. The normalized spacial score (nSPS) is 30.8. The zero-order chi connectivity index (χ0) is 21.7. The topological polar surface area (TPSA) is 45.2 Å². The van der Waals surface area contributed by atoms with E-state index in [0.717, 1.165) is 71.9 Å². The number of halogens is 1. The molecule has 7 rings (SSSR count). The van der Waals surface area contributed by atoms with Crippen LogP contribution in [0.3, 0.4) is 0 Å². The molecule has 170 valence electrons. The van der Waals surface area contributed by atoms with Crippen molar-refractivity contribution < 1.29 is 9.18 Å². The van der Waals surface area contributed by atoms with Crippen LogP contribution in [0.1, 0.15) is 62.6 Å². The third-order valence-corrected chi connectivity index (χ3v) is 9.37. The molecule has 0 radical (unpaired) electrons. The van der Waals surface area contributed by atoms with Gasteiger partial charge in [-0.25, -0.2) is 14.2 Å². The molecular weight excluding hydrogens is 421 g/mol. The smallest absolute Gasteiger partial charge is 0.317 e. The van der Waals surface area contributed by atoms with Crippen LogP contribution in [0.2, 0.25) is 0 Å². The van der Waals surface area contributed by atoms with E-state index in [1.54, 1.807) is 17.4 Å². The number of amides is 2. The minimum Gasteiger partial charge on any atom is -0.338 e. The number of nitrogens with one attached hydrogen (secondary N) is 1. The Morgan fingerprint density at radius 1 is 1.12 bits per heavy atom. The summed E-state index contributed by atoms with van der Waals surface area (Å²) >= 11 is 1.62. The Morgan fingerprint density at radius 3 is 2.50 bits per heavy atom. The number of urea groups is 1. The van der Waals surface area contributed by atoms with E-state index in [9.17, 15) is 4.79 Å². The van der Waals surface area contributed by atoms with Crippen molar-refractivity contribution in [1.82, 2.24) is 15.2 Å². The fourth-order valence-corrected chi connectivity index (χ4v) is 8.24. The van der Waals surface area contributed by atoms with Crippen molar-refractivity contribution in [2.45, 2.75) is 63.2 Å². The molecule has 0 spiro atoms. The number of hydrogen-bond acceptors (Lipinski definition) is 3. The van der Waals surface area contributed by atoms with E-state index >= 15 is 4.39 Å². The van der Waals surface area contributed by atoms with Crippen LogP contribution in [-0.2, 0) is 11.8 Å². The van der Waals surface area contributed by atoms with E-state index < -0.39 is 0 Å². The molecule has 0 atom stereocenters. The minimum atomic E-state index is -0.0305. The lowest BCUT2D eigenvalue weighted by Crippen LogP contribution is -2.48. The molecule has 1 aliphatic heterocycles. The van der Waals surface area contributed by atoms with Gasteiger partial charge in [0, 0.05) is 37.0 Å². The summed E-state index contributed by atoms with van der Waals surface area (Å²) in [6.07, 6.45) is 10.5. The number of likely N-dealkylation sites (tertiary alicyclic amines) is 1. The van der Waals surface area contributed by atoms with Crippen LogP contribution < -0.4 is 5.32 Å². The van der Waals surface area contributed by atoms with E-state index in [0.29, 0.717) is 6.54 Å². The summed E-state index contributed by atoms with van der Waals surface area (Å²) in [5.41, 5.74) is 3.03. The molecule has 2 heterocycles. The number of carbonyl (C=O) groups excluding carboxylic acids is 1. The Bertz CT molecular complexity index is 977. The fourth-order valence-electron chi connectivity index (χ4n) is 7.39. The molecule has 32 heavy (non-hydrogen) atoms. The van der Waals surface area contributed by atoms with E-state index in [4.69, 9.17) is 4.98 Å². The highest BCUT2D eigenvalue weighted by Crippen LogP contribution is 2.61. The Kier molecular flexibility index (Phi) is 5.24. The van der Waals surface area contributed by atoms with Gasteiger partial charge in [-0.3, -0.25) is 0 Å². The summed E-state index contributed by atoms with van der Waals surface area (Å²) in [6.45, 7) is 2.33. The lowest BCUT2D eigenvalue weighted by Gasteiger charge is -2.57. The molecule has 5 aliphatic rings. The number of rotatable bonds is 5. The summed E-state index contributed by atoms with van der Waals surface area (Å²) in [6, 6.07) is 5.70. The average molecular weight is 454 g/mol. The number of hydrogen-bond donors (Lipinski definition) is 1. The molecule has 5 fully saturated rings. The van der Waals surface area contributed by atoms with Crippen molar-refractivity contribution in [3.63, 3.8) is 0 Å². The highest BCUT2D eigenvalue weighted by atomic mass is 32.1. The summed E-state index contributed by atoms with van der Waals surface area (Å²) in [5, 5.41) is 6.04. The van der Waals surface area contributed by atoms with Gasteiger partial charge in [-0.15, -0.1) is 11.3 Å². The molecule has 4 saturated carbocycles. The maximum absolute atomic E-state index is 15.1. The van der Waals surface area contributed by atoms with Crippen molar-refractivity contribution >= 4 is 17.4 Å². The van der Waals surface area contributed by atoms with Crippen LogP contribution in [-0.4, -0.2) is 35.5 Å². The van der Waals surface area contributed by atoms with E-state index in [2.05, 4.69) is 16.8 Å². The largest absolute Gasteiger partial charge is 0.338 e. The molecule has 1 aromatic carbocycles. The van der Waals surface area contributed by atoms with E-state index in [-0.39, 0.29) is 17.3 Å². The Morgan fingerprint density at radius 2 is 1.81 bits per heavy atom. The summed E-state index contributed by atoms with van der Waals surface area (Å²) in [5.74, 6) is 2.36. The zero-order valence-electron chi connectivity index (χ0n) is 18.6. The van der Waals surface area contributed by atoms with E-state index in [1.807, 2.05) is 11.0 Å². The SMILES string of the molecule is O=C(NCCc1csc(-c2ccc(F)c(C34CC5CC(CC(C5)C3)C4)c2)n1)N1CCCC1. The van der Waals surface area contributed by atoms with E-state index in [1.165, 1.54) is 38.5 Å². The number of carbonyl (C=O) groups is 1. The maximum Gasteiger partial charge on any atom is 0.317 e. The molecule has 4 nitrogen and oxygen atoms in total. The highest BCUT2D eigenvalue weighted by Gasteiger charge is 2.52. The fraction of sp³-hybridized carbons (Fsp3) is 0.615. The predicted molar refractivity (Wildman–Crippen MR) is 125 cm³/mol. The predicted octanol–water partition coefficient (Wildman–Crippen LogP) is 5.76. The zero-order valence-corrected chi connectivity index (χ0v) is 19.4. The van der Waals surface area contributed by atoms with Crippen molar-refractivity contribution in [2.75, 3.05) is 19.6 Å². The van der Waals surface area contributed by atoms with Crippen LogP contribution in [0.25, 0.3) is 10.6 Å². The first-order valence-corrected chi connectivity index (χ1v) is 13.2. The Balaban J connectivity index is 1.16. The third kappa shape index (κ3) is 3.74. The van der Waals surface area contributed by atoms with Crippen molar-refractivity contribution in [3.05, 3.63) is 40.7 Å². The van der Waals surface area contributed by atoms with Crippen LogP contribution >= 0.6 is 11.3 Å². The van der Waals surface area contributed by atoms with Gasteiger partial charge in [0.05, 0.1) is 5.69 Å². The van der Waals surface area contributed by atoms with Gasteiger partial charge in [-0.2, -0.15) is 0 Å². The van der Waals surface area contributed by atoms with Crippen molar-refractivity contribution in [1.29, 1.82) is 0 Å². The molecular formula is C26H32FN3OS. The molecule has 2 aromatic rings. The standard InChI is InChI=1S/C26H32FN3OS/c27-23-4-3-20(12-22(23)26-13-17-9-18(14-26)11-19(10-17)15-26)24-29-21(16-32-24)5-6-28-25(31)30-7-1-2-8-30/h3-4,12,16-19H,1-2,5-11,13-15H2,(H,28,31). The van der Waals surface area contributed by atoms with Gasteiger partial charge in [0.15, 0.2) is 0 Å². The molecule has 1 aromatic heterocycles. The second kappa shape index (κ2) is 8.12. The maximum atomic E-state index is 15.1. The van der Waals surface area contributed by atoms with Crippen molar-refractivity contribution in [2.24, 2.45) is 17.8 Å². The quantitative estimate of drug-likeness (QED) is 0.625. The number of thiazole rings is 1. The molecule has 0 unspecified atom stereocenters. The van der Waals surface area contributed by atoms with Gasteiger partial charge in [0.2, 0.25) is 0 Å². The Labute approximate surface area is 193 Å². The summed E-state index contributed by atoms with van der Waals surface area (Å²) in [7, 11) is 0. The molecule has 4 aliphatic carbocycles. The molecule has 1 N–H and O–H groups in total.